The Morgan fingerprint density at radius 1 is 1.23 bits per heavy atom. The van der Waals surface area contributed by atoms with Gasteiger partial charge in [-0.2, -0.15) is 0 Å². The van der Waals surface area contributed by atoms with Crippen LogP contribution < -0.4 is 9.62 Å². The molecule has 0 bridgehead atoms. The van der Waals surface area contributed by atoms with Crippen LogP contribution in [0, 0.1) is 6.92 Å². The van der Waals surface area contributed by atoms with Crippen molar-refractivity contribution in [2.75, 3.05) is 24.2 Å². The van der Waals surface area contributed by atoms with E-state index in [9.17, 15) is 0 Å². The predicted molar refractivity (Wildman–Crippen MR) is 118 cm³/mol. The van der Waals surface area contributed by atoms with Crippen molar-refractivity contribution in [3.8, 4) is 0 Å². The molecule has 0 atom stereocenters. The molecule has 0 spiro atoms. The first-order chi connectivity index (χ1) is 12.7. The van der Waals surface area contributed by atoms with Crippen molar-refractivity contribution in [2.24, 2.45) is 4.99 Å². The maximum atomic E-state index is 4.28. The van der Waals surface area contributed by atoms with E-state index in [4.69, 9.17) is 0 Å². The summed E-state index contributed by atoms with van der Waals surface area (Å²) in [5.74, 6) is 0. The minimum atomic E-state index is 0.926. The van der Waals surface area contributed by atoms with Crippen LogP contribution in [0.2, 0.25) is 0 Å². The summed E-state index contributed by atoms with van der Waals surface area (Å²) >= 11 is 3.46. The summed E-state index contributed by atoms with van der Waals surface area (Å²) in [6.07, 6.45) is 5.22. The average Bonchev–Trinajstić information content (AvgIpc) is 3.07. The molecular weight excluding hydrogens is 358 g/mol. The molecule has 3 rings (SSSR count). The number of rotatable bonds is 4. The van der Waals surface area contributed by atoms with Gasteiger partial charge in [0, 0.05) is 24.2 Å². The molecule has 1 N–H and O–H groups in total. The van der Waals surface area contributed by atoms with Crippen molar-refractivity contribution in [3.63, 3.8) is 0 Å². The molecule has 0 saturated heterocycles. The van der Waals surface area contributed by atoms with Gasteiger partial charge < -0.3 is 9.62 Å². The number of benzene rings is 2. The van der Waals surface area contributed by atoms with Gasteiger partial charge in [-0.25, -0.2) is 0 Å². The van der Waals surface area contributed by atoms with Gasteiger partial charge in [-0.15, -0.1) is 0 Å². The summed E-state index contributed by atoms with van der Waals surface area (Å²) in [4.78, 5) is 5.60. The Balaban J connectivity index is 1.81. The molecule has 0 aromatic heterocycles. The van der Waals surface area contributed by atoms with E-state index >= 15 is 0 Å². The van der Waals surface area contributed by atoms with E-state index < -0.39 is 0 Å². The van der Waals surface area contributed by atoms with Gasteiger partial charge in [0.1, 0.15) is 0 Å². The number of aliphatic imine (C=N–C) groups is 1. The maximum absolute atomic E-state index is 4.28. The fraction of sp³-hybridized carbons (Fsp3) is 0.286. The molecule has 1 aliphatic heterocycles. The lowest BCUT2D eigenvalue weighted by Gasteiger charge is -2.19. The number of hydrogen-bond donors (Lipinski definition) is 1. The molecule has 0 unspecified atom stereocenters. The molecule has 1 aliphatic rings. The Hall–Kier alpha value is -1.85. The van der Waals surface area contributed by atoms with Crippen LogP contribution in [0.15, 0.2) is 58.4 Å². The third kappa shape index (κ3) is 4.10. The number of nitrogens with one attached hydrogen (secondary N) is 1. The van der Waals surface area contributed by atoms with Crippen LogP contribution >= 0.6 is 23.7 Å². The van der Waals surface area contributed by atoms with Crippen LogP contribution in [0.5, 0.6) is 0 Å². The van der Waals surface area contributed by atoms with E-state index in [1.807, 2.05) is 25.3 Å². The second-order valence-corrected chi connectivity index (χ2v) is 7.97. The second-order valence-electron chi connectivity index (χ2n) is 6.11. The lowest BCUT2D eigenvalue weighted by Crippen LogP contribution is -2.18. The van der Waals surface area contributed by atoms with Gasteiger partial charge in [-0.05, 0) is 73.4 Å². The van der Waals surface area contributed by atoms with Crippen molar-refractivity contribution in [1.29, 1.82) is 0 Å². The van der Waals surface area contributed by atoms with Crippen LogP contribution in [-0.2, 0) is 6.42 Å². The zero-order chi connectivity index (χ0) is 18.5. The van der Waals surface area contributed by atoms with Crippen LogP contribution in [0.25, 0.3) is 5.70 Å². The quantitative estimate of drug-likeness (QED) is 0.437. The molecule has 3 nitrogen and oxygen atoms in total. The van der Waals surface area contributed by atoms with E-state index in [1.165, 1.54) is 27.3 Å². The van der Waals surface area contributed by atoms with Gasteiger partial charge in [-0.3, -0.25) is 4.99 Å². The van der Waals surface area contributed by atoms with Crippen molar-refractivity contribution in [3.05, 3.63) is 65.2 Å². The van der Waals surface area contributed by atoms with Crippen LogP contribution in [0.4, 0.5) is 5.69 Å². The van der Waals surface area contributed by atoms with Crippen molar-refractivity contribution in [2.45, 2.75) is 25.2 Å². The van der Waals surface area contributed by atoms with Crippen LogP contribution in [0.1, 0.15) is 23.6 Å². The average molecular weight is 384 g/mol. The third-order valence-electron chi connectivity index (χ3n) is 4.47. The monoisotopic (exact) mass is 383 g/mol. The summed E-state index contributed by atoms with van der Waals surface area (Å²) in [5.41, 5.74) is 6.37. The lowest BCUT2D eigenvalue weighted by atomic mass is 10.1. The van der Waals surface area contributed by atoms with Crippen LogP contribution in [-0.4, -0.2) is 25.0 Å². The highest BCUT2D eigenvalue weighted by Gasteiger charge is 2.21. The number of fused-ring (bicyclic) bond motifs is 1. The van der Waals surface area contributed by atoms with Gasteiger partial charge >= 0.3 is 0 Å². The first-order valence-corrected chi connectivity index (χ1v) is 10.7. The molecule has 0 radical (unpaired) electrons. The molecule has 136 valence electrons. The zero-order valence-corrected chi connectivity index (χ0v) is 17.4. The smallest absolute Gasteiger partial charge is 0.160 e. The Morgan fingerprint density at radius 3 is 2.73 bits per heavy atom. The van der Waals surface area contributed by atoms with Crippen LogP contribution in [0.3, 0.4) is 0 Å². The van der Waals surface area contributed by atoms with E-state index in [0.717, 1.165) is 23.8 Å². The molecule has 2 aromatic carbocycles. The number of nitrogens with zero attached hydrogens (tertiary/aromatic N) is 2. The van der Waals surface area contributed by atoms with Crippen molar-refractivity contribution >= 4 is 40.3 Å². The van der Waals surface area contributed by atoms with Gasteiger partial charge in [0.25, 0.3) is 0 Å². The topological polar surface area (TPSA) is 27.6 Å². The van der Waals surface area contributed by atoms with E-state index in [0.29, 0.717) is 0 Å². The second kappa shape index (κ2) is 8.69. The minimum absolute atomic E-state index is 0.926. The highest BCUT2D eigenvalue weighted by molar-refractivity contribution is 8.13. The molecule has 0 amide bonds. The summed E-state index contributed by atoms with van der Waals surface area (Å²) in [6.45, 7) is 5.28. The molecule has 1 heterocycles. The highest BCUT2D eigenvalue weighted by Crippen LogP contribution is 2.38. The summed E-state index contributed by atoms with van der Waals surface area (Å²) < 4.78 is 2.41. The molecule has 2 aromatic rings. The largest absolute Gasteiger partial charge is 0.335 e. The Bertz CT molecular complexity index is 843. The molecule has 26 heavy (non-hydrogen) atoms. The van der Waals surface area contributed by atoms with Gasteiger partial charge in [0.2, 0.25) is 0 Å². The molecule has 0 aliphatic carbocycles. The van der Waals surface area contributed by atoms with Crippen molar-refractivity contribution in [1.82, 2.24) is 5.32 Å². The molecular formula is C21H25N3S2. The molecule has 0 fully saturated rings. The predicted octanol–water partition coefficient (Wildman–Crippen LogP) is 5.36. The number of aryl methyl sites for hydroxylation is 1. The third-order valence-corrected chi connectivity index (χ3v) is 6.40. The van der Waals surface area contributed by atoms with E-state index in [2.05, 4.69) is 77.0 Å². The number of amidine groups is 1. The molecule has 0 saturated carbocycles. The Kier molecular flexibility index (Phi) is 6.33. The summed E-state index contributed by atoms with van der Waals surface area (Å²) in [5, 5.41) is 4.35. The Morgan fingerprint density at radius 2 is 2.04 bits per heavy atom. The Labute approximate surface area is 165 Å². The lowest BCUT2D eigenvalue weighted by molar-refractivity contribution is 1.05. The summed E-state index contributed by atoms with van der Waals surface area (Å²) in [7, 11) is 1.81. The number of hydrogen-bond acceptors (Lipinski definition) is 4. The SMILES string of the molecule is C/C=C(/NC(=NC)SC)c1ccc2c(c1)CCN2Sc1ccccc1C. The van der Waals surface area contributed by atoms with Gasteiger partial charge in [0.15, 0.2) is 5.17 Å². The maximum Gasteiger partial charge on any atom is 0.160 e. The fourth-order valence-electron chi connectivity index (χ4n) is 3.04. The number of thioether (sulfide) groups is 1. The first-order valence-electron chi connectivity index (χ1n) is 8.74. The van der Waals surface area contributed by atoms with Gasteiger partial charge in [0.05, 0.1) is 5.69 Å². The first kappa shape index (κ1) is 18.9. The minimum Gasteiger partial charge on any atom is -0.335 e. The van der Waals surface area contributed by atoms with Crippen molar-refractivity contribution < 1.29 is 0 Å². The van der Waals surface area contributed by atoms with E-state index in [-0.39, 0.29) is 0 Å². The van der Waals surface area contributed by atoms with Gasteiger partial charge in [-0.1, -0.05) is 42.1 Å². The standard InChI is InChI=1S/C21H25N3S2/c1-5-18(23-21(22-3)25-4)16-10-11-19-17(14-16)12-13-24(19)26-20-9-7-6-8-15(20)2/h5-11,14H,12-13H2,1-4H3,(H,22,23)/b18-5+. The number of anilines is 1. The summed E-state index contributed by atoms with van der Waals surface area (Å²) in [6, 6.07) is 15.3. The normalized spacial score (nSPS) is 14.5. The zero-order valence-electron chi connectivity index (χ0n) is 15.7. The fourth-order valence-corrected chi connectivity index (χ4v) is 4.48. The number of allylic oxidation sites excluding steroid dienone is 1. The molecule has 5 heteroatoms. The van der Waals surface area contributed by atoms with E-state index in [1.54, 1.807) is 11.8 Å². The highest BCUT2D eigenvalue weighted by atomic mass is 32.2.